The third-order valence-electron chi connectivity index (χ3n) is 1.99. The lowest BCUT2D eigenvalue weighted by molar-refractivity contribution is -0.383. The number of aryl methyl sites for hydroxylation is 1. The molecule has 2 heterocycles. The average molecular weight is 303 g/mol. The maximum atomic E-state index is 10.7. The van der Waals surface area contributed by atoms with E-state index in [4.69, 9.17) is 0 Å². The Balaban J connectivity index is 2.92. The number of rotatable bonds is 1. The lowest BCUT2D eigenvalue weighted by atomic mass is 10.3. The number of hydrogen-bond acceptors (Lipinski definition) is 3. The van der Waals surface area contributed by atoms with Crippen molar-refractivity contribution in [3.8, 4) is 0 Å². The monoisotopic (exact) mass is 303 g/mol. The Hall–Kier alpha value is -1.18. The van der Waals surface area contributed by atoms with Crippen LogP contribution in [0.2, 0.25) is 0 Å². The molecule has 14 heavy (non-hydrogen) atoms. The fourth-order valence-corrected chi connectivity index (χ4v) is 2.32. The van der Waals surface area contributed by atoms with E-state index in [1.165, 1.54) is 12.3 Å². The zero-order chi connectivity index (χ0) is 10.3. The van der Waals surface area contributed by atoms with Crippen LogP contribution >= 0.6 is 22.6 Å². The first-order valence-electron chi connectivity index (χ1n) is 3.85. The first-order valence-corrected chi connectivity index (χ1v) is 4.93. The van der Waals surface area contributed by atoms with Crippen molar-refractivity contribution in [3.05, 3.63) is 32.1 Å². The first kappa shape index (κ1) is 9.38. The molecule has 0 saturated carbocycles. The normalized spacial score (nSPS) is 10.7. The van der Waals surface area contributed by atoms with Crippen LogP contribution in [-0.4, -0.2) is 14.5 Å². The van der Waals surface area contributed by atoms with Crippen molar-refractivity contribution in [2.24, 2.45) is 7.05 Å². The summed E-state index contributed by atoms with van der Waals surface area (Å²) in [6.45, 7) is 0. The van der Waals surface area contributed by atoms with Crippen molar-refractivity contribution in [3.63, 3.8) is 0 Å². The predicted molar refractivity (Wildman–Crippen MR) is 60.1 cm³/mol. The van der Waals surface area contributed by atoms with Gasteiger partial charge in [-0.2, -0.15) is 0 Å². The molecule has 0 fully saturated rings. The van der Waals surface area contributed by atoms with Crippen molar-refractivity contribution < 1.29 is 4.92 Å². The molecule has 0 aliphatic carbocycles. The molecule has 0 N–H and O–H groups in total. The van der Waals surface area contributed by atoms with E-state index in [-0.39, 0.29) is 10.6 Å². The molecule has 0 atom stereocenters. The summed E-state index contributed by atoms with van der Waals surface area (Å²) in [7, 11) is 1.82. The van der Waals surface area contributed by atoms with Gasteiger partial charge in [0.05, 0.1) is 4.92 Å². The minimum Gasteiger partial charge on any atom is -0.334 e. The number of fused-ring (bicyclic) bond motifs is 1. The Morgan fingerprint density at radius 1 is 1.64 bits per heavy atom. The molecular weight excluding hydrogens is 297 g/mol. The van der Waals surface area contributed by atoms with Gasteiger partial charge < -0.3 is 4.57 Å². The van der Waals surface area contributed by atoms with E-state index in [0.717, 1.165) is 3.57 Å². The molecule has 0 spiro atoms. The van der Waals surface area contributed by atoms with Crippen LogP contribution in [0.1, 0.15) is 0 Å². The van der Waals surface area contributed by atoms with E-state index in [1.54, 1.807) is 4.57 Å². The van der Waals surface area contributed by atoms with Gasteiger partial charge in [0.15, 0.2) is 0 Å². The highest BCUT2D eigenvalue weighted by molar-refractivity contribution is 14.1. The highest BCUT2D eigenvalue weighted by atomic mass is 127. The molecule has 0 radical (unpaired) electrons. The van der Waals surface area contributed by atoms with Gasteiger partial charge >= 0.3 is 0 Å². The second kappa shape index (κ2) is 3.19. The molecular formula is C8H6IN3O2. The fourth-order valence-electron chi connectivity index (χ4n) is 1.39. The second-order valence-corrected chi connectivity index (χ2v) is 4.04. The quantitative estimate of drug-likeness (QED) is 0.460. The Morgan fingerprint density at radius 2 is 2.36 bits per heavy atom. The highest BCUT2D eigenvalue weighted by Gasteiger charge is 2.17. The summed E-state index contributed by atoms with van der Waals surface area (Å²) in [6.07, 6.45) is 3.28. The van der Waals surface area contributed by atoms with Gasteiger partial charge in [-0.15, -0.1) is 0 Å². The summed E-state index contributed by atoms with van der Waals surface area (Å²) >= 11 is 2.07. The van der Waals surface area contributed by atoms with E-state index < -0.39 is 0 Å². The number of aromatic nitrogens is 2. The largest absolute Gasteiger partial charge is 0.334 e. The molecule has 0 bridgehead atoms. The topological polar surface area (TPSA) is 61.0 Å². The van der Waals surface area contributed by atoms with Crippen LogP contribution in [0.5, 0.6) is 0 Å². The van der Waals surface area contributed by atoms with Gasteiger partial charge in [0.1, 0.15) is 11.0 Å². The maximum absolute atomic E-state index is 10.7. The van der Waals surface area contributed by atoms with Crippen LogP contribution < -0.4 is 0 Å². The Labute approximate surface area is 93.0 Å². The molecule has 2 aromatic heterocycles. The summed E-state index contributed by atoms with van der Waals surface area (Å²) in [5, 5.41) is 11.4. The lowest BCUT2D eigenvalue weighted by Crippen LogP contribution is -1.92. The van der Waals surface area contributed by atoms with Gasteiger partial charge in [-0.25, -0.2) is 4.98 Å². The molecule has 0 aromatic carbocycles. The van der Waals surface area contributed by atoms with Gasteiger partial charge in [-0.3, -0.25) is 10.1 Å². The molecule has 72 valence electrons. The van der Waals surface area contributed by atoms with Crippen LogP contribution in [0.15, 0.2) is 18.5 Å². The number of halogens is 1. The van der Waals surface area contributed by atoms with Crippen LogP contribution in [0.3, 0.4) is 0 Å². The summed E-state index contributed by atoms with van der Waals surface area (Å²) in [4.78, 5) is 14.5. The highest BCUT2D eigenvalue weighted by Crippen LogP contribution is 2.28. The van der Waals surface area contributed by atoms with E-state index in [9.17, 15) is 10.1 Å². The molecule has 0 amide bonds. The smallest absolute Gasteiger partial charge is 0.283 e. The Bertz CT molecular complexity index is 521. The summed E-state index contributed by atoms with van der Waals surface area (Å²) in [6, 6.07) is 1.42. The summed E-state index contributed by atoms with van der Waals surface area (Å²) < 4.78 is 2.63. The van der Waals surface area contributed by atoms with E-state index in [2.05, 4.69) is 27.6 Å². The fraction of sp³-hybridized carbons (Fsp3) is 0.125. The Morgan fingerprint density at radius 3 is 3.00 bits per heavy atom. The molecule has 0 saturated heterocycles. The van der Waals surface area contributed by atoms with E-state index >= 15 is 0 Å². The molecule has 5 nitrogen and oxygen atoms in total. The maximum Gasteiger partial charge on any atom is 0.283 e. The average Bonchev–Trinajstić information content (AvgIpc) is 2.43. The first-order chi connectivity index (χ1) is 6.61. The number of nitrogens with zero attached hydrogens (tertiary/aromatic N) is 3. The standard InChI is InChI=1S/C8H6IN3O2/c1-11-4-5(9)7-6(12(13)14)2-3-10-8(7)11/h2-4H,1H3. The predicted octanol–water partition coefficient (Wildman–Crippen LogP) is 2.09. The third-order valence-corrected chi connectivity index (χ3v) is 2.80. The number of pyridine rings is 1. The molecule has 2 aromatic rings. The molecule has 6 heteroatoms. The number of hydrogen-bond donors (Lipinski definition) is 0. The summed E-state index contributed by atoms with van der Waals surface area (Å²) in [5.41, 5.74) is 0.753. The van der Waals surface area contributed by atoms with Crippen molar-refractivity contribution in [1.29, 1.82) is 0 Å². The zero-order valence-corrected chi connectivity index (χ0v) is 9.43. The van der Waals surface area contributed by atoms with Crippen LogP contribution in [0, 0.1) is 13.7 Å². The van der Waals surface area contributed by atoms with Crippen LogP contribution in [0.4, 0.5) is 5.69 Å². The minimum absolute atomic E-state index is 0.111. The third kappa shape index (κ3) is 1.26. The van der Waals surface area contributed by atoms with Crippen LogP contribution in [0.25, 0.3) is 11.0 Å². The molecule has 0 aliphatic rings. The SMILES string of the molecule is Cn1cc(I)c2c([N+](=O)[O-])ccnc21. The van der Waals surface area contributed by atoms with Crippen LogP contribution in [-0.2, 0) is 7.05 Å². The van der Waals surface area contributed by atoms with Crippen molar-refractivity contribution >= 4 is 39.3 Å². The second-order valence-electron chi connectivity index (χ2n) is 2.87. The minimum atomic E-state index is -0.383. The molecule has 2 rings (SSSR count). The van der Waals surface area contributed by atoms with Crippen molar-refractivity contribution in [2.45, 2.75) is 0 Å². The molecule has 0 aliphatic heterocycles. The van der Waals surface area contributed by atoms with Gasteiger partial charge in [0.2, 0.25) is 0 Å². The Kier molecular flexibility index (Phi) is 2.14. The zero-order valence-electron chi connectivity index (χ0n) is 7.27. The van der Waals surface area contributed by atoms with Gasteiger partial charge in [-0.05, 0) is 22.6 Å². The van der Waals surface area contributed by atoms with Crippen molar-refractivity contribution in [1.82, 2.24) is 9.55 Å². The number of nitro groups is 1. The van der Waals surface area contributed by atoms with Gasteiger partial charge in [0.25, 0.3) is 5.69 Å². The van der Waals surface area contributed by atoms with Crippen molar-refractivity contribution in [2.75, 3.05) is 0 Å². The van der Waals surface area contributed by atoms with E-state index in [0.29, 0.717) is 11.0 Å². The van der Waals surface area contributed by atoms with E-state index in [1.807, 2.05) is 13.2 Å². The molecule has 0 unspecified atom stereocenters. The van der Waals surface area contributed by atoms with Gasteiger partial charge in [0, 0.05) is 29.1 Å². The van der Waals surface area contributed by atoms with Gasteiger partial charge in [-0.1, -0.05) is 0 Å². The summed E-state index contributed by atoms with van der Waals surface area (Å²) in [5.74, 6) is 0. The lowest BCUT2D eigenvalue weighted by Gasteiger charge is -1.95.